The van der Waals surface area contributed by atoms with Crippen molar-refractivity contribution < 1.29 is 0 Å². The summed E-state index contributed by atoms with van der Waals surface area (Å²) in [4.78, 5) is 7.78. The first kappa shape index (κ1) is 14.4. The molecule has 88 valence electrons. The van der Waals surface area contributed by atoms with Gasteiger partial charge in [-0.3, -0.25) is 0 Å². The Morgan fingerprint density at radius 1 is 1.12 bits per heavy atom. The van der Waals surface area contributed by atoms with Gasteiger partial charge in [0.25, 0.3) is 0 Å². The molecule has 0 aliphatic carbocycles. The zero-order valence-electron chi connectivity index (χ0n) is 10.5. The molecule has 3 nitrogen and oxygen atoms in total. The van der Waals surface area contributed by atoms with Gasteiger partial charge in [0, 0.05) is 0 Å². The summed E-state index contributed by atoms with van der Waals surface area (Å²) in [6, 6.07) is 8.09. The number of hydrogen-bond acceptors (Lipinski definition) is 1. The predicted molar refractivity (Wildman–Crippen MR) is 72.7 cm³/mol. The highest BCUT2D eigenvalue weighted by atomic mass is 14.9. The molecule has 1 rings (SSSR count). The summed E-state index contributed by atoms with van der Waals surface area (Å²) in [7, 11) is 0. The Morgan fingerprint density at radius 2 is 1.69 bits per heavy atom. The zero-order valence-corrected chi connectivity index (χ0v) is 10.5. The maximum absolute atomic E-state index is 5.07. The largest absolute Gasteiger partial charge is 0.390 e. The standard InChI is InChI=1S/C11H15N3.C2H6/c1-9(2)10-3-5-11(6-4-10)14-8-13-7-12;1-2/h3-9H,1-2H3,(H2,12,13,14);1-2H3. The van der Waals surface area contributed by atoms with E-state index in [9.17, 15) is 0 Å². The molecule has 0 atom stereocenters. The smallest absolute Gasteiger partial charge is 0.117 e. The summed E-state index contributed by atoms with van der Waals surface area (Å²) >= 11 is 0. The summed E-state index contributed by atoms with van der Waals surface area (Å²) in [6.45, 7) is 8.33. The highest BCUT2D eigenvalue weighted by Crippen LogP contribution is 2.18. The van der Waals surface area contributed by atoms with E-state index in [0.717, 1.165) is 5.69 Å². The lowest BCUT2D eigenvalue weighted by atomic mass is 10.0. The third-order valence-electron chi connectivity index (χ3n) is 1.92. The van der Waals surface area contributed by atoms with Crippen LogP contribution in [0.25, 0.3) is 0 Å². The highest BCUT2D eigenvalue weighted by molar-refractivity contribution is 5.72. The molecule has 0 heterocycles. The normalized spacial score (nSPS) is 10.8. The van der Waals surface area contributed by atoms with Crippen molar-refractivity contribution in [3.63, 3.8) is 0 Å². The van der Waals surface area contributed by atoms with Crippen LogP contribution in [0, 0.1) is 0 Å². The Morgan fingerprint density at radius 3 is 2.12 bits per heavy atom. The van der Waals surface area contributed by atoms with Crippen molar-refractivity contribution in [2.45, 2.75) is 33.6 Å². The molecule has 0 saturated carbocycles. The molecule has 3 heteroatoms. The maximum atomic E-state index is 5.07. The molecule has 0 radical (unpaired) electrons. The van der Waals surface area contributed by atoms with E-state index < -0.39 is 0 Å². The maximum Gasteiger partial charge on any atom is 0.117 e. The van der Waals surface area contributed by atoms with E-state index in [4.69, 9.17) is 5.73 Å². The molecule has 16 heavy (non-hydrogen) atoms. The predicted octanol–water partition coefficient (Wildman–Crippen LogP) is 3.48. The molecular formula is C13H21N3. The lowest BCUT2D eigenvalue weighted by molar-refractivity contribution is 0.867. The van der Waals surface area contributed by atoms with Gasteiger partial charge >= 0.3 is 0 Å². The third kappa shape index (κ3) is 5.29. The topological polar surface area (TPSA) is 50.7 Å². The number of rotatable bonds is 3. The van der Waals surface area contributed by atoms with Crippen LogP contribution in [0.2, 0.25) is 0 Å². The van der Waals surface area contributed by atoms with E-state index in [0.29, 0.717) is 5.92 Å². The van der Waals surface area contributed by atoms with Crippen LogP contribution in [0.15, 0.2) is 34.3 Å². The van der Waals surface area contributed by atoms with Gasteiger partial charge in [-0.25, -0.2) is 9.98 Å². The molecule has 0 saturated heterocycles. The lowest BCUT2D eigenvalue weighted by Gasteiger charge is -2.03. The van der Waals surface area contributed by atoms with Crippen molar-refractivity contribution in [1.29, 1.82) is 0 Å². The van der Waals surface area contributed by atoms with Crippen LogP contribution in [-0.4, -0.2) is 12.7 Å². The van der Waals surface area contributed by atoms with Crippen LogP contribution in [-0.2, 0) is 0 Å². The van der Waals surface area contributed by atoms with E-state index >= 15 is 0 Å². The van der Waals surface area contributed by atoms with Gasteiger partial charge in [0.05, 0.1) is 12.0 Å². The van der Waals surface area contributed by atoms with Gasteiger partial charge in [-0.15, -0.1) is 0 Å². The molecule has 0 bridgehead atoms. The molecule has 0 spiro atoms. The SMILES string of the molecule is CC.CC(C)c1ccc(N=CN=CN)cc1. The van der Waals surface area contributed by atoms with Crippen molar-refractivity contribution in [2.24, 2.45) is 15.7 Å². The van der Waals surface area contributed by atoms with Crippen LogP contribution in [0.1, 0.15) is 39.2 Å². The fourth-order valence-electron chi connectivity index (χ4n) is 1.08. The fraction of sp³-hybridized carbons (Fsp3) is 0.385. The molecule has 0 amide bonds. The van der Waals surface area contributed by atoms with E-state index in [-0.39, 0.29) is 0 Å². The van der Waals surface area contributed by atoms with Crippen molar-refractivity contribution in [1.82, 2.24) is 0 Å². The Kier molecular flexibility index (Phi) is 7.76. The van der Waals surface area contributed by atoms with E-state index in [1.807, 2.05) is 26.0 Å². The summed E-state index contributed by atoms with van der Waals surface area (Å²) in [5, 5.41) is 0. The molecule has 1 aromatic rings. The van der Waals surface area contributed by atoms with E-state index in [1.54, 1.807) is 0 Å². The van der Waals surface area contributed by atoms with Crippen LogP contribution in [0.5, 0.6) is 0 Å². The Labute approximate surface area is 98.1 Å². The fourth-order valence-corrected chi connectivity index (χ4v) is 1.08. The molecule has 0 unspecified atom stereocenters. The lowest BCUT2D eigenvalue weighted by Crippen LogP contribution is -1.87. The van der Waals surface area contributed by atoms with Crippen LogP contribution in [0.3, 0.4) is 0 Å². The minimum absolute atomic E-state index is 0.551. The Balaban J connectivity index is 0.00000106. The Bertz CT molecular complexity index is 324. The van der Waals surface area contributed by atoms with Gasteiger partial charge in [-0.1, -0.05) is 39.8 Å². The number of benzene rings is 1. The highest BCUT2D eigenvalue weighted by Gasteiger charge is 1.96. The van der Waals surface area contributed by atoms with E-state index in [1.165, 1.54) is 18.2 Å². The van der Waals surface area contributed by atoms with Crippen molar-refractivity contribution >= 4 is 18.4 Å². The average molecular weight is 219 g/mol. The second-order valence-electron chi connectivity index (χ2n) is 3.29. The van der Waals surface area contributed by atoms with Gasteiger partial charge in [-0.2, -0.15) is 0 Å². The third-order valence-corrected chi connectivity index (χ3v) is 1.92. The summed E-state index contributed by atoms with van der Waals surface area (Å²) in [5.74, 6) is 0.551. The van der Waals surface area contributed by atoms with Crippen molar-refractivity contribution in [3.05, 3.63) is 29.8 Å². The number of nitrogens with zero attached hydrogens (tertiary/aromatic N) is 2. The molecule has 2 N–H and O–H groups in total. The molecular weight excluding hydrogens is 198 g/mol. The molecule has 0 aliphatic rings. The Hall–Kier alpha value is -1.64. The van der Waals surface area contributed by atoms with Gasteiger partial charge in [0.2, 0.25) is 0 Å². The molecule has 1 aromatic carbocycles. The first-order chi connectivity index (χ1) is 7.74. The van der Waals surface area contributed by atoms with Crippen LogP contribution in [0.4, 0.5) is 5.69 Å². The quantitative estimate of drug-likeness (QED) is 0.614. The van der Waals surface area contributed by atoms with Gasteiger partial charge in [-0.05, 0) is 23.6 Å². The molecule has 0 aromatic heterocycles. The number of hydrogen-bond donors (Lipinski definition) is 1. The van der Waals surface area contributed by atoms with Crippen LogP contribution < -0.4 is 5.73 Å². The first-order valence-electron chi connectivity index (χ1n) is 5.60. The second kappa shape index (κ2) is 8.65. The number of aliphatic imine (C=N–C) groups is 2. The first-order valence-corrected chi connectivity index (χ1v) is 5.60. The molecule has 0 fully saturated rings. The zero-order chi connectivity index (χ0) is 12.4. The van der Waals surface area contributed by atoms with Crippen molar-refractivity contribution in [3.8, 4) is 0 Å². The minimum atomic E-state index is 0.551. The van der Waals surface area contributed by atoms with Gasteiger partial charge in [0.15, 0.2) is 0 Å². The van der Waals surface area contributed by atoms with E-state index in [2.05, 4.69) is 36.0 Å². The van der Waals surface area contributed by atoms with Gasteiger partial charge in [0.1, 0.15) is 6.34 Å². The monoisotopic (exact) mass is 219 g/mol. The summed E-state index contributed by atoms with van der Waals surface area (Å²) in [5.41, 5.74) is 7.27. The van der Waals surface area contributed by atoms with Crippen molar-refractivity contribution in [2.75, 3.05) is 0 Å². The number of nitrogens with two attached hydrogens (primary N) is 1. The minimum Gasteiger partial charge on any atom is -0.390 e. The summed E-state index contributed by atoms with van der Waals surface area (Å²) in [6.07, 6.45) is 2.65. The summed E-state index contributed by atoms with van der Waals surface area (Å²) < 4.78 is 0. The molecule has 0 aliphatic heterocycles. The average Bonchev–Trinajstić information content (AvgIpc) is 2.33. The van der Waals surface area contributed by atoms with Gasteiger partial charge < -0.3 is 5.73 Å². The second-order valence-corrected chi connectivity index (χ2v) is 3.29. The van der Waals surface area contributed by atoms with Crippen LogP contribution >= 0.6 is 0 Å².